The molecule has 0 aliphatic carbocycles. The molecule has 0 saturated heterocycles. The minimum absolute atomic E-state index is 0.333. The maximum atomic E-state index is 12.8. The van der Waals surface area contributed by atoms with E-state index >= 15 is 0 Å². The number of benzene rings is 1. The first-order valence-electron chi connectivity index (χ1n) is 5.78. The van der Waals surface area contributed by atoms with Crippen molar-refractivity contribution in [1.82, 2.24) is 0 Å². The van der Waals surface area contributed by atoms with E-state index in [-0.39, 0.29) is 5.82 Å². The fraction of sp³-hybridized carbons (Fsp3) is 0.429. The van der Waals surface area contributed by atoms with Crippen molar-refractivity contribution in [1.29, 1.82) is 0 Å². The second-order valence-corrected chi connectivity index (χ2v) is 5.21. The third-order valence-corrected chi connectivity index (χ3v) is 2.42. The molecule has 18 heavy (non-hydrogen) atoms. The van der Waals surface area contributed by atoms with E-state index < -0.39 is 17.6 Å². The topological polar surface area (TPSA) is 52.3 Å². The van der Waals surface area contributed by atoms with Crippen LogP contribution in [0.1, 0.15) is 39.3 Å². The van der Waals surface area contributed by atoms with Gasteiger partial charge in [0, 0.05) is 6.04 Å². The smallest absolute Gasteiger partial charge is 0.315 e. The first kappa shape index (κ1) is 14.6. The van der Waals surface area contributed by atoms with Crippen LogP contribution in [0.4, 0.5) is 4.39 Å². The number of nitrogens with two attached hydrogens (primary N) is 1. The Bertz CT molecular complexity index is 409. The summed E-state index contributed by atoms with van der Waals surface area (Å²) < 4.78 is 18.0. The highest BCUT2D eigenvalue weighted by molar-refractivity contribution is 5.85. The molecule has 1 aromatic rings. The molecule has 1 atom stereocenters. The van der Waals surface area contributed by atoms with Crippen LogP contribution < -0.4 is 5.73 Å². The number of carbonyl (C=O) groups is 1. The number of carbonyl (C=O) groups excluding carboxylic acids is 1. The first-order chi connectivity index (χ1) is 8.20. The standard InChI is InChI=1S/C14H19FNO2/c1-9(13(17)18-14(2,3)4)12(16)10-5-7-11(15)8-6-10/h5-8,12H,16H2,1-4H3. The van der Waals surface area contributed by atoms with E-state index in [1.807, 2.05) is 0 Å². The average molecular weight is 252 g/mol. The van der Waals surface area contributed by atoms with Gasteiger partial charge < -0.3 is 10.5 Å². The third-order valence-electron chi connectivity index (χ3n) is 2.42. The predicted molar refractivity (Wildman–Crippen MR) is 68.1 cm³/mol. The largest absolute Gasteiger partial charge is 0.459 e. The molecular formula is C14H19FNO2. The maximum absolute atomic E-state index is 12.8. The molecule has 0 aliphatic rings. The molecule has 1 radical (unpaired) electrons. The summed E-state index contributed by atoms with van der Waals surface area (Å²) in [6.45, 7) is 7.01. The minimum atomic E-state index is -0.583. The lowest BCUT2D eigenvalue weighted by Gasteiger charge is -2.24. The van der Waals surface area contributed by atoms with Crippen molar-refractivity contribution in [3.8, 4) is 0 Å². The van der Waals surface area contributed by atoms with Gasteiger partial charge >= 0.3 is 5.97 Å². The third kappa shape index (κ3) is 4.11. The number of ether oxygens (including phenoxy) is 1. The Morgan fingerprint density at radius 2 is 1.78 bits per heavy atom. The summed E-state index contributed by atoms with van der Waals surface area (Å²) in [4.78, 5) is 11.8. The van der Waals surface area contributed by atoms with Gasteiger partial charge in [-0.1, -0.05) is 12.1 Å². The molecule has 0 heterocycles. The van der Waals surface area contributed by atoms with Gasteiger partial charge in [0.1, 0.15) is 17.3 Å². The van der Waals surface area contributed by atoms with Gasteiger partial charge in [-0.3, -0.25) is 4.79 Å². The number of esters is 1. The second kappa shape index (κ2) is 5.48. The van der Waals surface area contributed by atoms with Gasteiger partial charge in [-0.05, 0) is 45.4 Å². The molecule has 0 bridgehead atoms. The zero-order valence-electron chi connectivity index (χ0n) is 11.2. The SMILES string of the molecule is C[C](C(=O)OC(C)(C)C)C(N)c1ccc(F)cc1. The number of rotatable bonds is 3. The predicted octanol–water partition coefficient (Wildman–Crippen LogP) is 2.76. The molecule has 99 valence electrons. The molecule has 1 unspecified atom stereocenters. The Labute approximate surface area is 107 Å². The number of halogens is 1. The molecular weight excluding hydrogens is 233 g/mol. The van der Waals surface area contributed by atoms with Crippen molar-refractivity contribution in [3.63, 3.8) is 0 Å². The summed E-state index contributed by atoms with van der Waals surface area (Å²) in [6.07, 6.45) is 0. The molecule has 1 rings (SSSR count). The van der Waals surface area contributed by atoms with E-state index in [0.29, 0.717) is 11.5 Å². The highest BCUT2D eigenvalue weighted by Gasteiger charge is 2.28. The van der Waals surface area contributed by atoms with Crippen molar-refractivity contribution in [3.05, 3.63) is 41.6 Å². The van der Waals surface area contributed by atoms with Gasteiger partial charge in [-0.2, -0.15) is 0 Å². The highest BCUT2D eigenvalue weighted by atomic mass is 19.1. The Morgan fingerprint density at radius 1 is 1.28 bits per heavy atom. The molecule has 0 spiro atoms. The fourth-order valence-electron chi connectivity index (χ4n) is 1.41. The summed E-state index contributed by atoms with van der Waals surface area (Å²) in [6, 6.07) is 5.18. The molecule has 0 aromatic heterocycles. The van der Waals surface area contributed by atoms with Gasteiger partial charge in [0.25, 0.3) is 0 Å². The van der Waals surface area contributed by atoms with Crippen LogP contribution in [0.25, 0.3) is 0 Å². The number of hydrogen-bond acceptors (Lipinski definition) is 3. The van der Waals surface area contributed by atoms with Crippen LogP contribution in [0.2, 0.25) is 0 Å². The normalized spacial score (nSPS) is 13.5. The molecule has 1 aromatic carbocycles. The van der Waals surface area contributed by atoms with Crippen molar-refractivity contribution in [2.75, 3.05) is 0 Å². The Morgan fingerprint density at radius 3 is 2.22 bits per heavy atom. The molecule has 0 saturated carbocycles. The zero-order valence-corrected chi connectivity index (χ0v) is 11.2. The monoisotopic (exact) mass is 252 g/mol. The summed E-state index contributed by atoms with van der Waals surface area (Å²) in [5.41, 5.74) is 6.07. The molecule has 3 nitrogen and oxygen atoms in total. The average Bonchev–Trinajstić information content (AvgIpc) is 2.26. The lowest BCUT2D eigenvalue weighted by molar-refractivity contribution is -0.152. The minimum Gasteiger partial charge on any atom is -0.459 e. The van der Waals surface area contributed by atoms with E-state index in [4.69, 9.17) is 10.5 Å². The summed E-state index contributed by atoms with van der Waals surface area (Å²) >= 11 is 0. The lowest BCUT2D eigenvalue weighted by atomic mass is 9.95. The molecule has 0 amide bonds. The Hall–Kier alpha value is -1.42. The summed E-state index contributed by atoms with van der Waals surface area (Å²) in [5, 5.41) is 0. The van der Waals surface area contributed by atoms with Gasteiger partial charge in [0.2, 0.25) is 0 Å². The van der Waals surface area contributed by atoms with Gasteiger partial charge in [-0.25, -0.2) is 4.39 Å². The summed E-state index contributed by atoms with van der Waals surface area (Å²) in [5.74, 6) is -0.364. The van der Waals surface area contributed by atoms with E-state index in [1.165, 1.54) is 12.1 Å². The van der Waals surface area contributed by atoms with Crippen LogP contribution in [0.5, 0.6) is 0 Å². The van der Waals surface area contributed by atoms with Crippen molar-refractivity contribution >= 4 is 5.97 Å². The van der Waals surface area contributed by atoms with Gasteiger partial charge in [0.05, 0.1) is 0 Å². The van der Waals surface area contributed by atoms with E-state index in [9.17, 15) is 9.18 Å². The lowest BCUT2D eigenvalue weighted by Crippen LogP contribution is -2.31. The van der Waals surface area contributed by atoms with Crippen molar-refractivity contribution in [2.24, 2.45) is 5.73 Å². The van der Waals surface area contributed by atoms with E-state index in [1.54, 1.807) is 39.8 Å². The van der Waals surface area contributed by atoms with E-state index in [2.05, 4.69) is 0 Å². The second-order valence-electron chi connectivity index (χ2n) is 5.21. The van der Waals surface area contributed by atoms with Crippen molar-refractivity contribution < 1.29 is 13.9 Å². The maximum Gasteiger partial charge on any atom is 0.315 e. The Balaban J connectivity index is 2.74. The Kier molecular flexibility index (Phi) is 4.46. The van der Waals surface area contributed by atoms with Crippen LogP contribution in [0.3, 0.4) is 0 Å². The molecule has 0 aliphatic heterocycles. The molecule has 2 N–H and O–H groups in total. The van der Waals surface area contributed by atoms with Gasteiger partial charge in [0.15, 0.2) is 0 Å². The van der Waals surface area contributed by atoms with Crippen molar-refractivity contribution in [2.45, 2.75) is 39.3 Å². The van der Waals surface area contributed by atoms with Crippen LogP contribution in [0, 0.1) is 11.7 Å². The summed E-state index contributed by atoms with van der Waals surface area (Å²) in [7, 11) is 0. The molecule has 0 fully saturated rings. The van der Waals surface area contributed by atoms with Crippen LogP contribution in [0.15, 0.2) is 24.3 Å². The van der Waals surface area contributed by atoms with Crippen LogP contribution in [-0.4, -0.2) is 11.6 Å². The van der Waals surface area contributed by atoms with Crippen LogP contribution >= 0.6 is 0 Å². The van der Waals surface area contributed by atoms with Crippen LogP contribution in [-0.2, 0) is 9.53 Å². The number of hydrogen-bond donors (Lipinski definition) is 1. The first-order valence-corrected chi connectivity index (χ1v) is 5.78. The molecule has 4 heteroatoms. The highest BCUT2D eigenvalue weighted by Crippen LogP contribution is 2.24. The van der Waals surface area contributed by atoms with Gasteiger partial charge in [-0.15, -0.1) is 0 Å². The zero-order chi connectivity index (χ0) is 13.9. The van der Waals surface area contributed by atoms with E-state index in [0.717, 1.165) is 0 Å². The quantitative estimate of drug-likeness (QED) is 0.841. The fourth-order valence-corrected chi connectivity index (χ4v) is 1.41.